The van der Waals surface area contributed by atoms with Crippen molar-refractivity contribution in [1.82, 2.24) is 9.97 Å². The molecular formula is C17H14BCl2N5. The molecule has 0 bridgehead atoms. The number of hydrazone groups is 1. The van der Waals surface area contributed by atoms with Gasteiger partial charge in [0.25, 0.3) is 0 Å². The first-order valence-corrected chi connectivity index (χ1v) is 8.27. The highest BCUT2D eigenvalue weighted by molar-refractivity contribution is 6.33. The largest absolute Gasteiger partial charge is 0.340 e. The molecule has 0 aliphatic carbocycles. The maximum atomic E-state index is 6.08. The van der Waals surface area contributed by atoms with Crippen LogP contribution in [0.1, 0.15) is 5.56 Å². The number of nitrogens with one attached hydrogen (secondary N) is 2. The fourth-order valence-corrected chi connectivity index (χ4v) is 2.51. The summed E-state index contributed by atoms with van der Waals surface area (Å²) in [5.74, 6) is 0.854. The maximum Gasteiger partial charge on any atom is 0.246 e. The molecule has 0 aliphatic rings. The number of rotatable bonds is 5. The highest BCUT2D eigenvalue weighted by Crippen LogP contribution is 2.18. The molecule has 2 aromatic carbocycles. The highest BCUT2D eigenvalue weighted by atomic mass is 35.5. The van der Waals surface area contributed by atoms with Crippen LogP contribution >= 0.6 is 23.2 Å². The third kappa shape index (κ3) is 4.95. The molecule has 0 unspecified atom stereocenters. The van der Waals surface area contributed by atoms with E-state index in [4.69, 9.17) is 23.2 Å². The van der Waals surface area contributed by atoms with Gasteiger partial charge in [-0.25, -0.2) is 5.43 Å². The van der Waals surface area contributed by atoms with Gasteiger partial charge in [-0.1, -0.05) is 59.0 Å². The van der Waals surface area contributed by atoms with E-state index in [-0.39, 0.29) is 5.95 Å². The van der Waals surface area contributed by atoms with Gasteiger partial charge in [-0.3, -0.25) is 0 Å². The fraction of sp³-hybridized carbons (Fsp3) is 0. The summed E-state index contributed by atoms with van der Waals surface area (Å²) in [6.07, 6.45) is 1.60. The van der Waals surface area contributed by atoms with Crippen molar-refractivity contribution in [3.63, 3.8) is 0 Å². The van der Waals surface area contributed by atoms with Crippen molar-refractivity contribution in [1.29, 1.82) is 0 Å². The summed E-state index contributed by atoms with van der Waals surface area (Å²) < 4.78 is 0. The minimum absolute atomic E-state index is 0.283. The average molecular weight is 370 g/mol. The Morgan fingerprint density at radius 3 is 2.64 bits per heavy atom. The number of halogens is 2. The van der Waals surface area contributed by atoms with Gasteiger partial charge in [0.15, 0.2) is 0 Å². The molecular weight excluding hydrogens is 356 g/mol. The van der Waals surface area contributed by atoms with Crippen LogP contribution in [0, 0.1) is 0 Å². The Hall–Kier alpha value is -2.57. The fourth-order valence-electron chi connectivity index (χ4n) is 2.14. The lowest BCUT2D eigenvalue weighted by Crippen LogP contribution is -2.04. The molecule has 8 heteroatoms. The summed E-state index contributed by atoms with van der Waals surface area (Å²) in [7, 11) is 2.02. The monoisotopic (exact) mass is 369 g/mol. The predicted molar refractivity (Wildman–Crippen MR) is 108 cm³/mol. The summed E-state index contributed by atoms with van der Waals surface area (Å²) in [5.41, 5.74) is 5.61. The first-order chi connectivity index (χ1) is 12.1. The number of hydrogen-bond acceptors (Lipinski definition) is 5. The maximum absolute atomic E-state index is 6.08. The second-order valence-electron chi connectivity index (χ2n) is 5.29. The third-order valence-corrected chi connectivity index (χ3v) is 3.80. The molecule has 1 heterocycles. The molecule has 0 amide bonds. The highest BCUT2D eigenvalue weighted by Gasteiger charge is 2.04. The lowest BCUT2D eigenvalue weighted by Gasteiger charge is -2.08. The van der Waals surface area contributed by atoms with Gasteiger partial charge in [-0.2, -0.15) is 15.1 Å². The van der Waals surface area contributed by atoms with E-state index in [2.05, 4.69) is 25.8 Å². The number of nitrogens with zero attached hydrogens (tertiary/aromatic N) is 3. The molecule has 1 aromatic heterocycles. The zero-order valence-electron chi connectivity index (χ0n) is 13.4. The smallest absolute Gasteiger partial charge is 0.246 e. The van der Waals surface area contributed by atoms with Crippen molar-refractivity contribution in [2.24, 2.45) is 5.10 Å². The second-order valence-corrected chi connectivity index (χ2v) is 6.08. The van der Waals surface area contributed by atoms with Crippen LogP contribution in [0.25, 0.3) is 0 Å². The molecule has 2 N–H and O–H groups in total. The lowest BCUT2D eigenvalue weighted by molar-refractivity contribution is 1.12. The Morgan fingerprint density at radius 2 is 1.84 bits per heavy atom. The molecule has 25 heavy (non-hydrogen) atoms. The number of aromatic nitrogens is 2. The Morgan fingerprint density at radius 1 is 1.00 bits per heavy atom. The second kappa shape index (κ2) is 8.01. The van der Waals surface area contributed by atoms with E-state index >= 15 is 0 Å². The van der Waals surface area contributed by atoms with Crippen LogP contribution in [0.15, 0.2) is 59.7 Å². The number of benzene rings is 2. The summed E-state index contributed by atoms with van der Waals surface area (Å²) in [5, 5.41) is 8.22. The van der Waals surface area contributed by atoms with Crippen molar-refractivity contribution in [3.05, 3.63) is 70.3 Å². The first-order valence-electron chi connectivity index (χ1n) is 7.52. The standard InChI is InChI=1S/C17H14BCl2N5/c18-12-5-3-6-13(8-12)22-16-9-15(20)23-17(24-16)25-21-10-11-4-1-2-7-14(11)19/h1-10H,18H2,(H2,22,23,24,25)/b21-10+. The van der Waals surface area contributed by atoms with Gasteiger partial charge in [-0.15, -0.1) is 0 Å². The average Bonchev–Trinajstić information content (AvgIpc) is 2.56. The Balaban J connectivity index is 1.74. The summed E-state index contributed by atoms with van der Waals surface area (Å²) in [4.78, 5) is 8.45. The Labute approximate surface area is 156 Å². The molecule has 0 fully saturated rings. The summed E-state index contributed by atoms with van der Waals surface area (Å²) in [6.45, 7) is 0. The molecule has 0 saturated heterocycles. The van der Waals surface area contributed by atoms with Crippen LogP contribution in [0.3, 0.4) is 0 Å². The molecule has 0 atom stereocenters. The summed E-state index contributed by atoms with van der Waals surface area (Å²) >= 11 is 12.1. The van der Waals surface area contributed by atoms with E-state index in [0.717, 1.165) is 16.7 Å². The van der Waals surface area contributed by atoms with Crippen LogP contribution in [0.5, 0.6) is 0 Å². The van der Waals surface area contributed by atoms with Crippen molar-refractivity contribution in [2.45, 2.75) is 0 Å². The zero-order valence-corrected chi connectivity index (χ0v) is 14.9. The van der Waals surface area contributed by atoms with E-state index in [1.807, 2.05) is 50.3 Å². The van der Waals surface area contributed by atoms with Crippen molar-refractivity contribution in [2.75, 3.05) is 10.7 Å². The molecule has 124 valence electrons. The normalized spacial score (nSPS) is 10.8. The van der Waals surface area contributed by atoms with Crippen LogP contribution in [-0.2, 0) is 0 Å². The molecule has 0 saturated carbocycles. The van der Waals surface area contributed by atoms with Crippen LogP contribution in [-0.4, -0.2) is 24.0 Å². The van der Waals surface area contributed by atoms with Gasteiger partial charge in [0.05, 0.1) is 6.21 Å². The zero-order chi connectivity index (χ0) is 17.6. The van der Waals surface area contributed by atoms with Gasteiger partial charge >= 0.3 is 0 Å². The van der Waals surface area contributed by atoms with Gasteiger partial charge in [0.1, 0.15) is 18.8 Å². The summed E-state index contributed by atoms with van der Waals surface area (Å²) in [6, 6.07) is 17.0. The Bertz CT molecular complexity index is 917. The SMILES string of the molecule is Bc1cccc(Nc2cc(Cl)nc(N/N=C/c3ccccc3Cl)n2)c1. The van der Waals surface area contributed by atoms with Crippen LogP contribution < -0.4 is 16.2 Å². The van der Waals surface area contributed by atoms with E-state index in [0.29, 0.717) is 16.0 Å². The van der Waals surface area contributed by atoms with Gasteiger partial charge in [0, 0.05) is 22.3 Å². The lowest BCUT2D eigenvalue weighted by atomic mass is 9.96. The van der Waals surface area contributed by atoms with E-state index in [1.165, 1.54) is 0 Å². The minimum Gasteiger partial charge on any atom is -0.340 e. The van der Waals surface area contributed by atoms with E-state index < -0.39 is 0 Å². The van der Waals surface area contributed by atoms with Gasteiger partial charge < -0.3 is 5.32 Å². The molecule has 3 aromatic rings. The van der Waals surface area contributed by atoms with Crippen LogP contribution in [0.4, 0.5) is 17.5 Å². The van der Waals surface area contributed by atoms with E-state index in [1.54, 1.807) is 18.3 Å². The first kappa shape index (κ1) is 17.3. The molecule has 0 spiro atoms. The molecule has 3 rings (SSSR count). The van der Waals surface area contributed by atoms with Crippen LogP contribution in [0.2, 0.25) is 10.2 Å². The van der Waals surface area contributed by atoms with Crippen molar-refractivity contribution in [3.8, 4) is 0 Å². The van der Waals surface area contributed by atoms with Crippen molar-refractivity contribution < 1.29 is 0 Å². The third-order valence-electron chi connectivity index (χ3n) is 3.26. The molecule has 0 radical (unpaired) electrons. The number of hydrogen-bond donors (Lipinski definition) is 2. The van der Waals surface area contributed by atoms with Crippen molar-refractivity contribution >= 4 is 60.2 Å². The van der Waals surface area contributed by atoms with E-state index in [9.17, 15) is 0 Å². The van der Waals surface area contributed by atoms with Gasteiger partial charge in [-0.05, 0) is 18.2 Å². The predicted octanol–water partition coefficient (Wildman–Crippen LogP) is 3.23. The quantitative estimate of drug-likeness (QED) is 0.313. The topological polar surface area (TPSA) is 62.2 Å². The minimum atomic E-state index is 0.283. The number of anilines is 3. The molecule has 0 aliphatic heterocycles. The molecule has 5 nitrogen and oxygen atoms in total. The van der Waals surface area contributed by atoms with Gasteiger partial charge in [0.2, 0.25) is 5.95 Å². The Kier molecular flexibility index (Phi) is 5.53.